The Balaban J connectivity index is 2.37. The molecule has 1 aliphatic rings. The summed E-state index contributed by atoms with van der Waals surface area (Å²) in [4.78, 5) is 57.3. The zero-order chi connectivity index (χ0) is 19.7. The van der Waals surface area contributed by atoms with Gasteiger partial charge in [-0.25, -0.2) is 4.79 Å². The number of amides is 4. The smallest absolute Gasteiger partial charge is 0.326 e. The van der Waals surface area contributed by atoms with Gasteiger partial charge in [-0.15, -0.1) is 0 Å². The van der Waals surface area contributed by atoms with Crippen molar-refractivity contribution in [2.24, 2.45) is 5.73 Å². The van der Waals surface area contributed by atoms with Crippen molar-refractivity contribution in [3.63, 3.8) is 0 Å². The molecule has 11 nitrogen and oxygen atoms in total. The van der Waals surface area contributed by atoms with Crippen molar-refractivity contribution in [3.8, 4) is 0 Å². The molecule has 1 aliphatic heterocycles. The Kier molecular flexibility index (Phi) is 8.49. The van der Waals surface area contributed by atoms with E-state index in [2.05, 4.69) is 21.3 Å². The van der Waals surface area contributed by atoms with Gasteiger partial charge in [0.25, 0.3) is 0 Å². The Morgan fingerprint density at radius 1 is 1.23 bits per heavy atom. The minimum absolute atomic E-state index is 0.148. The normalized spacial score (nSPS) is 18.4. The number of hydrogen-bond acceptors (Lipinski definition) is 6. The summed E-state index contributed by atoms with van der Waals surface area (Å²) in [5.74, 6) is -3.58. The van der Waals surface area contributed by atoms with Crippen LogP contribution in [0.5, 0.6) is 0 Å². The maximum absolute atomic E-state index is 11.9. The van der Waals surface area contributed by atoms with Gasteiger partial charge in [0.2, 0.25) is 23.6 Å². The van der Waals surface area contributed by atoms with Crippen molar-refractivity contribution in [2.75, 3.05) is 13.1 Å². The molecule has 26 heavy (non-hydrogen) atoms. The van der Waals surface area contributed by atoms with Crippen LogP contribution >= 0.6 is 0 Å². The number of carboxylic acids is 1. The highest BCUT2D eigenvalue weighted by Crippen LogP contribution is 2.04. The Morgan fingerprint density at radius 2 is 1.92 bits per heavy atom. The fraction of sp³-hybridized carbons (Fsp3) is 0.667. The number of primary amides is 1. The third kappa shape index (κ3) is 7.47. The quantitative estimate of drug-likeness (QED) is 0.240. The van der Waals surface area contributed by atoms with E-state index in [9.17, 15) is 24.0 Å². The van der Waals surface area contributed by atoms with Crippen molar-refractivity contribution < 1.29 is 29.1 Å². The molecule has 4 amide bonds. The molecule has 0 aromatic rings. The molecular formula is C15H25N5O6. The van der Waals surface area contributed by atoms with Crippen LogP contribution < -0.4 is 27.0 Å². The van der Waals surface area contributed by atoms with Gasteiger partial charge >= 0.3 is 5.97 Å². The number of nitrogens with one attached hydrogen (secondary N) is 4. The van der Waals surface area contributed by atoms with Crippen LogP contribution in [0, 0.1) is 0 Å². The van der Waals surface area contributed by atoms with E-state index in [1.54, 1.807) is 0 Å². The van der Waals surface area contributed by atoms with Gasteiger partial charge in [0, 0.05) is 6.42 Å². The summed E-state index contributed by atoms with van der Waals surface area (Å²) in [5, 5.41) is 19.1. The molecule has 0 aromatic carbocycles. The van der Waals surface area contributed by atoms with E-state index in [-0.39, 0.29) is 24.8 Å². The molecular weight excluding hydrogens is 346 g/mol. The SMILES string of the molecule is C[C@H](NC(=O)[C@@H]1CCCN1)C(=O)NCC(=O)N[C@@H](CCC(N)=O)C(=O)O. The summed E-state index contributed by atoms with van der Waals surface area (Å²) in [5.41, 5.74) is 4.95. The molecule has 7 N–H and O–H groups in total. The molecule has 0 bridgehead atoms. The maximum atomic E-state index is 11.9. The highest BCUT2D eigenvalue weighted by Gasteiger charge is 2.25. The number of aliphatic carboxylic acids is 1. The van der Waals surface area contributed by atoms with Crippen molar-refractivity contribution in [1.82, 2.24) is 21.3 Å². The second-order valence-electron chi connectivity index (χ2n) is 6.06. The zero-order valence-electron chi connectivity index (χ0n) is 14.5. The van der Waals surface area contributed by atoms with Gasteiger partial charge in [-0.2, -0.15) is 0 Å². The van der Waals surface area contributed by atoms with Crippen molar-refractivity contribution in [3.05, 3.63) is 0 Å². The van der Waals surface area contributed by atoms with E-state index in [1.165, 1.54) is 6.92 Å². The van der Waals surface area contributed by atoms with Gasteiger partial charge in [-0.05, 0) is 32.7 Å². The van der Waals surface area contributed by atoms with Crippen LogP contribution in [-0.4, -0.2) is 65.9 Å². The Morgan fingerprint density at radius 3 is 2.46 bits per heavy atom. The fourth-order valence-corrected chi connectivity index (χ4v) is 2.40. The highest BCUT2D eigenvalue weighted by atomic mass is 16.4. The van der Waals surface area contributed by atoms with Crippen LogP contribution in [0.3, 0.4) is 0 Å². The van der Waals surface area contributed by atoms with Crippen LogP contribution in [0.25, 0.3) is 0 Å². The number of carbonyl (C=O) groups is 5. The van der Waals surface area contributed by atoms with Crippen LogP contribution in [0.1, 0.15) is 32.6 Å². The first-order chi connectivity index (χ1) is 12.2. The lowest BCUT2D eigenvalue weighted by Gasteiger charge is -2.18. The van der Waals surface area contributed by atoms with Crippen molar-refractivity contribution in [2.45, 2.75) is 50.7 Å². The molecule has 0 aliphatic carbocycles. The summed E-state index contributed by atoms with van der Waals surface area (Å²) in [7, 11) is 0. The molecule has 1 fully saturated rings. The summed E-state index contributed by atoms with van der Waals surface area (Å²) in [6, 6.07) is -2.45. The van der Waals surface area contributed by atoms with Gasteiger partial charge in [0.15, 0.2) is 0 Å². The highest BCUT2D eigenvalue weighted by molar-refractivity contribution is 5.92. The minimum atomic E-state index is -1.31. The predicted octanol–water partition coefficient (Wildman–Crippen LogP) is -2.81. The molecule has 0 spiro atoms. The van der Waals surface area contributed by atoms with Crippen molar-refractivity contribution in [1.29, 1.82) is 0 Å². The fourth-order valence-electron chi connectivity index (χ4n) is 2.40. The molecule has 11 heteroatoms. The second kappa shape index (κ2) is 10.3. The number of rotatable bonds is 10. The van der Waals surface area contributed by atoms with Gasteiger partial charge in [-0.3, -0.25) is 19.2 Å². The van der Waals surface area contributed by atoms with Crippen LogP contribution in [-0.2, 0) is 24.0 Å². The molecule has 0 aromatic heterocycles. The third-order valence-electron chi connectivity index (χ3n) is 3.86. The van der Waals surface area contributed by atoms with Gasteiger partial charge < -0.3 is 32.1 Å². The van der Waals surface area contributed by atoms with Crippen LogP contribution in [0.2, 0.25) is 0 Å². The lowest BCUT2D eigenvalue weighted by Crippen LogP contribution is -2.52. The molecule has 1 rings (SSSR count). The van der Waals surface area contributed by atoms with E-state index < -0.39 is 42.3 Å². The summed E-state index contributed by atoms with van der Waals surface area (Å²) >= 11 is 0. The summed E-state index contributed by atoms with van der Waals surface area (Å²) in [6.45, 7) is 1.77. The number of carbonyl (C=O) groups excluding carboxylic acids is 4. The first kappa shape index (κ1) is 21.4. The lowest BCUT2D eigenvalue weighted by molar-refractivity contribution is -0.142. The molecule has 0 saturated carbocycles. The van der Waals surface area contributed by atoms with Crippen molar-refractivity contribution >= 4 is 29.6 Å². The Labute approximate surface area is 150 Å². The number of hydrogen-bond donors (Lipinski definition) is 6. The molecule has 0 unspecified atom stereocenters. The summed E-state index contributed by atoms with van der Waals surface area (Å²) < 4.78 is 0. The van der Waals surface area contributed by atoms with Gasteiger partial charge in [0.05, 0.1) is 12.6 Å². The first-order valence-corrected chi connectivity index (χ1v) is 8.32. The Hall–Kier alpha value is -2.69. The van der Waals surface area contributed by atoms with E-state index in [0.717, 1.165) is 13.0 Å². The van der Waals surface area contributed by atoms with Crippen LogP contribution in [0.15, 0.2) is 0 Å². The standard InChI is InChI=1S/C15H25N5O6/c1-8(19-14(24)9-3-2-6-17-9)13(23)18-7-12(22)20-10(15(25)26)4-5-11(16)21/h8-10,17H,2-7H2,1H3,(H2,16,21)(H,18,23)(H,19,24)(H,20,22)(H,25,26)/t8-,9-,10-/m0/s1. The predicted molar refractivity (Wildman–Crippen MR) is 89.6 cm³/mol. The van der Waals surface area contributed by atoms with E-state index in [1.807, 2.05) is 0 Å². The van der Waals surface area contributed by atoms with Gasteiger partial charge in [0.1, 0.15) is 12.1 Å². The largest absolute Gasteiger partial charge is 0.480 e. The topological polar surface area (TPSA) is 180 Å². The monoisotopic (exact) mass is 371 g/mol. The van der Waals surface area contributed by atoms with E-state index in [4.69, 9.17) is 10.8 Å². The van der Waals surface area contributed by atoms with Crippen LogP contribution in [0.4, 0.5) is 0 Å². The van der Waals surface area contributed by atoms with Gasteiger partial charge in [-0.1, -0.05) is 0 Å². The van der Waals surface area contributed by atoms with E-state index in [0.29, 0.717) is 6.42 Å². The molecule has 3 atom stereocenters. The maximum Gasteiger partial charge on any atom is 0.326 e. The molecule has 1 heterocycles. The average molecular weight is 371 g/mol. The Bertz CT molecular complexity index is 561. The molecule has 146 valence electrons. The third-order valence-corrected chi connectivity index (χ3v) is 3.86. The first-order valence-electron chi connectivity index (χ1n) is 8.32. The number of nitrogens with two attached hydrogens (primary N) is 1. The second-order valence-corrected chi connectivity index (χ2v) is 6.06. The van der Waals surface area contributed by atoms with E-state index >= 15 is 0 Å². The lowest BCUT2D eigenvalue weighted by atomic mass is 10.1. The number of carboxylic acid groups (broad SMARTS) is 1. The minimum Gasteiger partial charge on any atom is -0.480 e. The molecule has 0 radical (unpaired) electrons. The molecule has 1 saturated heterocycles. The summed E-state index contributed by atoms with van der Waals surface area (Å²) in [6.07, 6.45) is 1.25. The average Bonchev–Trinajstić information content (AvgIpc) is 3.10. The zero-order valence-corrected chi connectivity index (χ0v) is 14.5.